The molecule has 0 saturated heterocycles. The van der Waals surface area contributed by atoms with Crippen LogP contribution in [0, 0.1) is 10.1 Å². The Morgan fingerprint density at radius 2 is 1.78 bits per heavy atom. The minimum Gasteiger partial charge on any atom is -0.508 e. The molecule has 0 atom stereocenters. The van der Waals surface area contributed by atoms with Gasteiger partial charge in [-0.15, -0.1) is 0 Å². The van der Waals surface area contributed by atoms with E-state index in [0.717, 1.165) is 12.1 Å². The smallest absolute Gasteiger partial charge is 0.373 e. The first-order chi connectivity index (χ1) is 8.04. The molecule has 0 saturated carbocycles. The summed E-state index contributed by atoms with van der Waals surface area (Å²) in [6, 6.07) is 2.48. The molecule has 0 fully saturated rings. The van der Waals surface area contributed by atoms with Gasteiger partial charge in [-0.2, -0.15) is 8.42 Å². The number of rotatable bonds is 4. The summed E-state index contributed by atoms with van der Waals surface area (Å²) in [5.74, 6) is -1.90. The minimum absolute atomic E-state index is 0.498. The molecule has 0 unspecified atom stereocenters. The van der Waals surface area contributed by atoms with Crippen molar-refractivity contribution in [2.45, 2.75) is 5.75 Å². The molecular weight excluding hydrogens is 290 g/mol. The fraction of sp³-hybridized carbons (Fsp3) is 0.143. The van der Waals surface area contributed by atoms with Crippen LogP contribution in [0.15, 0.2) is 18.2 Å². The van der Waals surface area contributed by atoms with Crippen molar-refractivity contribution in [2.24, 2.45) is 0 Å². The Bertz CT molecular complexity index is 690. The average Bonchev–Trinajstić information content (AvgIpc) is 2.18. The van der Waals surface area contributed by atoms with Crippen molar-refractivity contribution in [2.75, 3.05) is 0 Å². The highest BCUT2D eigenvalue weighted by Gasteiger charge is 2.29. The molecule has 0 radical (unpaired) electrons. The predicted molar refractivity (Wildman–Crippen MR) is 58.9 cm³/mol. The van der Waals surface area contributed by atoms with E-state index in [-0.39, 0.29) is 0 Å². The molecule has 0 aliphatic carbocycles. The van der Waals surface area contributed by atoms with Gasteiger partial charge in [0.05, 0.1) is 10.7 Å². The third kappa shape index (κ3) is 2.94. The molecular formula is C7H7NO8S2. The molecule has 1 rings (SSSR count). The van der Waals surface area contributed by atoms with E-state index in [2.05, 4.69) is 0 Å². The summed E-state index contributed by atoms with van der Waals surface area (Å²) < 4.78 is 51.8. The predicted octanol–water partition coefficient (Wildman–Crippen LogP) is 0.0180. The van der Waals surface area contributed by atoms with Gasteiger partial charge in [0.1, 0.15) is 5.75 Å². The van der Waals surface area contributed by atoms with E-state index in [1.54, 1.807) is 0 Å². The number of phenols is 1. The van der Waals surface area contributed by atoms with Gasteiger partial charge in [-0.1, -0.05) is 0 Å². The molecule has 0 spiro atoms. The van der Waals surface area contributed by atoms with E-state index < -0.39 is 45.7 Å². The normalized spacial score (nSPS) is 12.3. The molecule has 0 aromatic heterocycles. The maximum atomic E-state index is 11.1. The zero-order valence-corrected chi connectivity index (χ0v) is 10.2. The van der Waals surface area contributed by atoms with Crippen molar-refractivity contribution in [3.05, 3.63) is 33.9 Å². The van der Waals surface area contributed by atoms with Crippen LogP contribution in [-0.2, 0) is 23.8 Å². The molecule has 0 bridgehead atoms. The SMILES string of the molecule is O=[N+]([O-])c1ccc(O)c(CS(=O)(=O)S(=O)(=O)O)c1. The number of phenolic OH excluding ortho intramolecular Hbond substituents is 1. The minimum atomic E-state index is -5.36. The van der Waals surface area contributed by atoms with Gasteiger partial charge in [-0.25, -0.2) is 8.42 Å². The van der Waals surface area contributed by atoms with Gasteiger partial charge in [0.25, 0.3) is 14.6 Å². The van der Waals surface area contributed by atoms with Gasteiger partial charge >= 0.3 is 9.15 Å². The third-order valence-electron chi connectivity index (χ3n) is 1.93. The van der Waals surface area contributed by atoms with Crippen LogP contribution in [0.2, 0.25) is 0 Å². The number of non-ortho nitro benzene ring substituents is 1. The molecule has 100 valence electrons. The van der Waals surface area contributed by atoms with Gasteiger partial charge in [0.15, 0.2) is 0 Å². The first-order valence-electron chi connectivity index (χ1n) is 4.21. The van der Waals surface area contributed by atoms with Crippen LogP contribution < -0.4 is 0 Å². The Labute approximate surface area is 101 Å². The Morgan fingerprint density at radius 1 is 1.22 bits per heavy atom. The van der Waals surface area contributed by atoms with Gasteiger partial charge in [0.2, 0.25) is 0 Å². The van der Waals surface area contributed by atoms with Crippen LogP contribution in [-0.4, -0.2) is 31.4 Å². The van der Waals surface area contributed by atoms with Crippen molar-refractivity contribution in [3.8, 4) is 5.75 Å². The van der Waals surface area contributed by atoms with Crippen LogP contribution in [0.3, 0.4) is 0 Å². The maximum Gasteiger partial charge on any atom is 0.373 e. The lowest BCUT2D eigenvalue weighted by Gasteiger charge is -2.03. The summed E-state index contributed by atoms with van der Waals surface area (Å²) in [5, 5.41) is 19.7. The van der Waals surface area contributed by atoms with Gasteiger partial charge in [-0.3, -0.25) is 14.7 Å². The molecule has 0 aliphatic heterocycles. The summed E-state index contributed by atoms with van der Waals surface area (Å²) in [7, 11) is -10.3. The lowest BCUT2D eigenvalue weighted by atomic mass is 10.2. The summed E-state index contributed by atoms with van der Waals surface area (Å²) in [5.41, 5.74) is -1.02. The van der Waals surface area contributed by atoms with Crippen molar-refractivity contribution in [3.63, 3.8) is 0 Å². The van der Waals surface area contributed by atoms with Crippen LogP contribution in [0.1, 0.15) is 5.56 Å². The largest absolute Gasteiger partial charge is 0.508 e. The van der Waals surface area contributed by atoms with Gasteiger partial charge in [0, 0.05) is 17.7 Å². The second kappa shape index (κ2) is 4.51. The Kier molecular flexibility index (Phi) is 3.59. The lowest BCUT2D eigenvalue weighted by molar-refractivity contribution is -0.384. The third-order valence-corrected chi connectivity index (χ3v) is 5.51. The summed E-state index contributed by atoms with van der Waals surface area (Å²) >= 11 is 0. The molecule has 0 aliphatic rings. The molecule has 9 nitrogen and oxygen atoms in total. The Balaban J connectivity index is 3.28. The average molecular weight is 297 g/mol. The standard InChI is InChI=1S/C7H7NO8S2/c9-7-2-1-6(8(10)11)3-5(7)4-17(12,13)18(14,15)16/h1-3,9H,4H2,(H,14,15,16). The number of nitro benzene ring substituents is 1. The van der Waals surface area contributed by atoms with Gasteiger partial charge in [-0.05, 0) is 6.07 Å². The van der Waals surface area contributed by atoms with E-state index in [4.69, 9.17) is 4.55 Å². The van der Waals surface area contributed by atoms with E-state index in [0.29, 0.717) is 6.07 Å². The monoisotopic (exact) mass is 297 g/mol. The topological polar surface area (TPSA) is 152 Å². The molecule has 18 heavy (non-hydrogen) atoms. The molecule has 11 heteroatoms. The van der Waals surface area contributed by atoms with Crippen molar-refractivity contribution >= 4 is 23.7 Å². The lowest BCUT2D eigenvalue weighted by Crippen LogP contribution is -2.16. The van der Waals surface area contributed by atoms with E-state index in [1.165, 1.54) is 0 Å². The number of hydrogen-bond acceptors (Lipinski definition) is 7. The van der Waals surface area contributed by atoms with E-state index in [1.807, 2.05) is 0 Å². The molecule has 0 heterocycles. The molecule has 2 N–H and O–H groups in total. The first kappa shape index (κ1) is 14.3. The zero-order chi connectivity index (χ0) is 14.1. The number of aromatic hydroxyl groups is 1. The highest BCUT2D eigenvalue weighted by Crippen LogP contribution is 2.25. The van der Waals surface area contributed by atoms with Crippen molar-refractivity contribution in [1.82, 2.24) is 0 Å². The Hall–Kier alpha value is -1.72. The van der Waals surface area contributed by atoms with E-state index >= 15 is 0 Å². The summed E-state index contributed by atoms with van der Waals surface area (Å²) in [6.07, 6.45) is 0. The van der Waals surface area contributed by atoms with Crippen LogP contribution in [0.4, 0.5) is 5.69 Å². The number of benzene rings is 1. The van der Waals surface area contributed by atoms with Crippen molar-refractivity contribution < 1.29 is 31.4 Å². The molecule has 1 aromatic carbocycles. The second-order valence-corrected chi connectivity index (χ2v) is 8.25. The quantitative estimate of drug-likeness (QED) is 0.341. The first-order valence-corrected chi connectivity index (χ1v) is 7.82. The molecule has 1 aromatic rings. The van der Waals surface area contributed by atoms with Crippen LogP contribution in [0.5, 0.6) is 5.75 Å². The fourth-order valence-corrected chi connectivity index (χ4v) is 2.65. The highest BCUT2D eigenvalue weighted by molar-refractivity contribution is 8.64. The number of nitrogens with zero attached hydrogens (tertiary/aromatic N) is 1. The zero-order valence-electron chi connectivity index (χ0n) is 8.55. The summed E-state index contributed by atoms with van der Waals surface area (Å²) in [4.78, 5) is 9.59. The fourth-order valence-electron chi connectivity index (χ4n) is 1.07. The molecule has 0 amide bonds. The number of hydrogen-bond donors (Lipinski definition) is 2. The van der Waals surface area contributed by atoms with Gasteiger partial charge < -0.3 is 5.11 Å². The van der Waals surface area contributed by atoms with Crippen molar-refractivity contribution in [1.29, 1.82) is 0 Å². The van der Waals surface area contributed by atoms with Crippen LogP contribution in [0.25, 0.3) is 0 Å². The highest BCUT2D eigenvalue weighted by atomic mass is 33.2. The second-order valence-electron chi connectivity index (χ2n) is 3.20. The summed E-state index contributed by atoms with van der Waals surface area (Å²) in [6.45, 7) is 0. The van der Waals surface area contributed by atoms with E-state index in [9.17, 15) is 32.1 Å². The van der Waals surface area contributed by atoms with Crippen LogP contribution >= 0.6 is 0 Å². The maximum absolute atomic E-state index is 11.1. The Morgan fingerprint density at radius 3 is 2.22 bits per heavy atom. The number of nitro groups is 1.